The fourth-order valence-electron chi connectivity index (χ4n) is 12.1. The SMILES string of the molecule is c1ccc(-c2cccc(N(c3ccc(-c4ccccc4-c4ccc5c6ccccc6n(-c6ccc7c(c6)C(c6ccccc6)(c6ccccc6)c6ccccc6-7)c5c4)cc3)c3cccc(-c4ccccc4)c3)c2)cc1. The van der Waals surface area contributed by atoms with E-state index in [1.807, 2.05) is 0 Å². The molecule has 0 bridgehead atoms. The van der Waals surface area contributed by atoms with Gasteiger partial charge in [-0.05, 0) is 139 Å². The summed E-state index contributed by atoms with van der Waals surface area (Å²) in [7, 11) is 0. The molecule has 75 heavy (non-hydrogen) atoms. The molecule has 0 radical (unpaired) electrons. The van der Waals surface area contributed by atoms with Crippen LogP contribution in [0.4, 0.5) is 17.1 Å². The van der Waals surface area contributed by atoms with E-state index in [0.717, 1.165) is 28.3 Å². The second kappa shape index (κ2) is 18.4. The highest BCUT2D eigenvalue weighted by atomic mass is 15.1. The quantitative estimate of drug-likeness (QED) is 0.133. The fraction of sp³-hybridized carbons (Fsp3) is 0.0137. The fourth-order valence-corrected chi connectivity index (χ4v) is 12.1. The molecule has 12 aromatic carbocycles. The van der Waals surface area contributed by atoms with Crippen molar-refractivity contribution in [2.45, 2.75) is 5.41 Å². The second-order valence-corrected chi connectivity index (χ2v) is 19.6. The molecule has 0 unspecified atom stereocenters. The molecule has 14 rings (SSSR count). The first-order valence-electron chi connectivity index (χ1n) is 25.9. The second-order valence-electron chi connectivity index (χ2n) is 19.6. The maximum Gasteiger partial charge on any atom is 0.0714 e. The monoisotopic (exact) mass is 954 g/mol. The first kappa shape index (κ1) is 44.0. The molecule has 2 nitrogen and oxygen atoms in total. The normalized spacial score (nSPS) is 12.4. The average Bonchev–Trinajstić information content (AvgIpc) is 4.08. The Morgan fingerprint density at radius 3 is 1.36 bits per heavy atom. The van der Waals surface area contributed by atoms with Gasteiger partial charge in [0.15, 0.2) is 0 Å². The van der Waals surface area contributed by atoms with Crippen LogP contribution in [0, 0.1) is 0 Å². The van der Waals surface area contributed by atoms with Crippen LogP contribution in [0.2, 0.25) is 0 Å². The highest BCUT2D eigenvalue weighted by Crippen LogP contribution is 2.57. The average molecular weight is 955 g/mol. The van der Waals surface area contributed by atoms with Crippen molar-refractivity contribution in [1.82, 2.24) is 4.57 Å². The number of rotatable bonds is 10. The minimum Gasteiger partial charge on any atom is -0.310 e. The van der Waals surface area contributed by atoms with Gasteiger partial charge in [0.05, 0.1) is 16.4 Å². The molecule has 0 saturated heterocycles. The van der Waals surface area contributed by atoms with Crippen molar-refractivity contribution in [3.05, 3.63) is 326 Å². The number of fused-ring (bicyclic) bond motifs is 6. The van der Waals surface area contributed by atoms with Gasteiger partial charge >= 0.3 is 0 Å². The number of hydrogen-bond donors (Lipinski definition) is 0. The van der Waals surface area contributed by atoms with E-state index in [1.165, 1.54) is 94.1 Å². The number of nitrogens with zero attached hydrogens (tertiary/aromatic N) is 2. The van der Waals surface area contributed by atoms with E-state index in [0.29, 0.717) is 0 Å². The van der Waals surface area contributed by atoms with Crippen LogP contribution in [0.25, 0.3) is 83.1 Å². The lowest BCUT2D eigenvalue weighted by molar-refractivity contribution is 0.767. The predicted molar refractivity (Wildman–Crippen MR) is 315 cm³/mol. The molecule has 1 aliphatic carbocycles. The molecule has 1 heterocycles. The summed E-state index contributed by atoms with van der Waals surface area (Å²) in [6, 6.07) is 111. The van der Waals surface area contributed by atoms with Gasteiger partial charge < -0.3 is 9.47 Å². The van der Waals surface area contributed by atoms with Crippen molar-refractivity contribution in [3.63, 3.8) is 0 Å². The summed E-state index contributed by atoms with van der Waals surface area (Å²) >= 11 is 0. The van der Waals surface area contributed by atoms with Crippen LogP contribution in [-0.2, 0) is 5.41 Å². The summed E-state index contributed by atoms with van der Waals surface area (Å²) < 4.78 is 2.49. The summed E-state index contributed by atoms with van der Waals surface area (Å²) in [5, 5.41) is 2.46. The van der Waals surface area contributed by atoms with Crippen LogP contribution in [0.15, 0.2) is 303 Å². The maximum atomic E-state index is 2.49. The van der Waals surface area contributed by atoms with Crippen molar-refractivity contribution in [2.24, 2.45) is 0 Å². The zero-order valence-corrected chi connectivity index (χ0v) is 41.3. The number of anilines is 3. The Hall–Kier alpha value is -9.76. The molecule has 0 atom stereocenters. The Labute approximate surface area is 438 Å². The standard InChI is InChI=1S/C73H50N2/c1-5-21-51(22-6-1)54-25-19-31-60(47-54)74(61-32-20-26-55(48-61)52-23-7-2-8-24-52)59-42-39-53(40-43-59)63-33-13-14-34-64(63)56-41-45-68-67-36-16-18-38-71(67)75(72(68)49-56)62-44-46-66-65-35-15-17-37-69(65)73(70(66)50-62,57-27-9-3-10-28-57)58-29-11-4-12-30-58/h1-50H. The Morgan fingerprint density at radius 2 is 0.733 bits per heavy atom. The molecule has 0 N–H and O–H groups in total. The zero-order chi connectivity index (χ0) is 49.7. The van der Waals surface area contributed by atoms with Crippen molar-refractivity contribution in [3.8, 4) is 61.3 Å². The van der Waals surface area contributed by atoms with Gasteiger partial charge in [-0.15, -0.1) is 0 Å². The Bertz CT molecular complexity index is 4090. The Kier molecular flexibility index (Phi) is 10.8. The number of aromatic nitrogens is 1. The highest BCUT2D eigenvalue weighted by Gasteiger charge is 2.46. The van der Waals surface area contributed by atoms with Gasteiger partial charge in [0.1, 0.15) is 0 Å². The first-order chi connectivity index (χ1) is 37.2. The molecular weight excluding hydrogens is 905 g/mol. The van der Waals surface area contributed by atoms with Gasteiger partial charge in [0.2, 0.25) is 0 Å². The molecule has 0 aliphatic heterocycles. The van der Waals surface area contributed by atoms with E-state index in [1.54, 1.807) is 0 Å². The molecule has 352 valence electrons. The Morgan fingerprint density at radius 1 is 0.253 bits per heavy atom. The van der Waals surface area contributed by atoms with Gasteiger partial charge in [-0.3, -0.25) is 0 Å². The molecule has 1 aliphatic rings. The predicted octanol–water partition coefficient (Wildman–Crippen LogP) is 19.3. The summed E-state index contributed by atoms with van der Waals surface area (Å²) in [5.74, 6) is 0. The summed E-state index contributed by atoms with van der Waals surface area (Å²) in [4.78, 5) is 2.38. The van der Waals surface area contributed by atoms with Crippen molar-refractivity contribution >= 4 is 38.9 Å². The largest absolute Gasteiger partial charge is 0.310 e. The van der Waals surface area contributed by atoms with Gasteiger partial charge in [-0.25, -0.2) is 0 Å². The molecule has 2 heteroatoms. The van der Waals surface area contributed by atoms with Crippen LogP contribution in [0.1, 0.15) is 22.3 Å². The lowest BCUT2D eigenvalue weighted by Crippen LogP contribution is -2.28. The third kappa shape index (κ3) is 7.41. The minimum absolute atomic E-state index is 0.502. The lowest BCUT2D eigenvalue weighted by Gasteiger charge is -2.34. The van der Waals surface area contributed by atoms with Crippen LogP contribution in [0.5, 0.6) is 0 Å². The van der Waals surface area contributed by atoms with Crippen LogP contribution >= 0.6 is 0 Å². The van der Waals surface area contributed by atoms with Crippen molar-refractivity contribution < 1.29 is 0 Å². The van der Waals surface area contributed by atoms with E-state index < -0.39 is 5.41 Å². The van der Waals surface area contributed by atoms with E-state index in [4.69, 9.17) is 0 Å². The smallest absolute Gasteiger partial charge is 0.0714 e. The van der Waals surface area contributed by atoms with Crippen molar-refractivity contribution in [1.29, 1.82) is 0 Å². The zero-order valence-electron chi connectivity index (χ0n) is 41.3. The van der Waals surface area contributed by atoms with Gasteiger partial charge in [0, 0.05) is 33.5 Å². The van der Waals surface area contributed by atoms with E-state index in [-0.39, 0.29) is 0 Å². The van der Waals surface area contributed by atoms with Crippen LogP contribution < -0.4 is 4.90 Å². The molecule has 0 spiro atoms. The third-order valence-electron chi connectivity index (χ3n) is 15.5. The van der Waals surface area contributed by atoms with Gasteiger partial charge in [-0.1, -0.05) is 243 Å². The highest BCUT2D eigenvalue weighted by molar-refractivity contribution is 6.10. The number of benzene rings is 12. The molecular formula is C73H50N2. The van der Waals surface area contributed by atoms with E-state index in [2.05, 4.69) is 313 Å². The molecule has 0 fully saturated rings. The topological polar surface area (TPSA) is 8.17 Å². The molecule has 0 amide bonds. The van der Waals surface area contributed by atoms with E-state index in [9.17, 15) is 0 Å². The third-order valence-corrected chi connectivity index (χ3v) is 15.5. The van der Waals surface area contributed by atoms with Crippen LogP contribution in [0.3, 0.4) is 0 Å². The van der Waals surface area contributed by atoms with Crippen LogP contribution in [-0.4, -0.2) is 4.57 Å². The van der Waals surface area contributed by atoms with Gasteiger partial charge in [0.25, 0.3) is 0 Å². The number of para-hydroxylation sites is 1. The molecule has 13 aromatic rings. The Balaban J connectivity index is 0.891. The molecule has 1 aromatic heterocycles. The summed E-state index contributed by atoms with van der Waals surface area (Å²) in [5.41, 5.74) is 23.3. The lowest BCUT2D eigenvalue weighted by atomic mass is 9.67. The molecule has 0 saturated carbocycles. The van der Waals surface area contributed by atoms with E-state index >= 15 is 0 Å². The summed E-state index contributed by atoms with van der Waals surface area (Å²) in [6.07, 6.45) is 0. The van der Waals surface area contributed by atoms with Gasteiger partial charge in [-0.2, -0.15) is 0 Å². The number of hydrogen-bond acceptors (Lipinski definition) is 1. The summed E-state index contributed by atoms with van der Waals surface area (Å²) in [6.45, 7) is 0. The maximum absolute atomic E-state index is 2.49. The van der Waals surface area contributed by atoms with Crippen molar-refractivity contribution in [2.75, 3.05) is 4.90 Å². The first-order valence-corrected chi connectivity index (χ1v) is 25.9. The minimum atomic E-state index is -0.502.